The quantitative estimate of drug-likeness (QED) is 0.686. The van der Waals surface area contributed by atoms with Gasteiger partial charge in [-0.05, 0) is 18.9 Å². The van der Waals surface area contributed by atoms with Crippen molar-refractivity contribution in [3.63, 3.8) is 0 Å². The number of benzene rings is 1. The molecule has 0 bridgehead atoms. The number of amides is 1. The van der Waals surface area contributed by atoms with Gasteiger partial charge in [0.05, 0.1) is 12.0 Å². The average Bonchev–Trinajstić information content (AvgIpc) is 2.67. The van der Waals surface area contributed by atoms with Gasteiger partial charge < -0.3 is 10.1 Å². The maximum absolute atomic E-state index is 12.2. The van der Waals surface area contributed by atoms with E-state index in [4.69, 9.17) is 4.74 Å². The molecule has 2 aliphatic rings. The summed E-state index contributed by atoms with van der Waals surface area (Å²) in [5.41, 5.74) is 1.42. The fourth-order valence-electron chi connectivity index (χ4n) is 3.25. The molecule has 1 aromatic carbocycles. The van der Waals surface area contributed by atoms with Crippen LogP contribution in [0.4, 0.5) is 0 Å². The Hall–Kier alpha value is -1.84. The monoisotopic (exact) mass is 287 g/mol. The minimum Gasteiger partial charge on any atom is -0.453 e. The van der Waals surface area contributed by atoms with Crippen molar-refractivity contribution in [2.45, 2.75) is 57.1 Å². The predicted octanol–water partition coefficient (Wildman–Crippen LogP) is 3.13. The van der Waals surface area contributed by atoms with Gasteiger partial charge in [0.1, 0.15) is 6.10 Å². The van der Waals surface area contributed by atoms with Crippen LogP contribution in [-0.2, 0) is 9.53 Å². The topological polar surface area (TPSA) is 55.4 Å². The standard InChI is InChI=1S/C17H21NO3/c19-16(18-12-7-3-1-2-4-8-12)11-15-13-9-5-6-10-14(13)17(20)21-15/h5-6,9-10,12,15H,1-4,7-8,11H2,(H,18,19). The van der Waals surface area contributed by atoms with E-state index in [0.29, 0.717) is 5.56 Å². The van der Waals surface area contributed by atoms with Crippen LogP contribution in [0.3, 0.4) is 0 Å². The van der Waals surface area contributed by atoms with E-state index in [1.165, 1.54) is 25.7 Å². The Kier molecular flexibility index (Phi) is 4.23. The van der Waals surface area contributed by atoms with Crippen molar-refractivity contribution in [1.29, 1.82) is 0 Å². The summed E-state index contributed by atoms with van der Waals surface area (Å²) in [6.07, 6.45) is 6.82. The molecule has 1 unspecified atom stereocenters. The van der Waals surface area contributed by atoms with Crippen molar-refractivity contribution in [2.75, 3.05) is 0 Å². The number of ether oxygens (including phenoxy) is 1. The number of esters is 1. The minimum absolute atomic E-state index is 0.0172. The summed E-state index contributed by atoms with van der Waals surface area (Å²) in [6.45, 7) is 0. The number of hydrogen-bond donors (Lipinski definition) is 1. The van der Waals surface area contributed by atoms with Gasteiger partial charge in [0, 0.05) is 11.6 Å². The molecule has 0 spiro atoms. The van der Waals surface area contributed by atoms with E-state index in [1.807, 2.05) is 18.2 Å². The van der Waals surface area contributed by atoms with Crippen LogP contribution in [0.2, 0.25) is 0 Å². The lowest BCUT2D eigenvalue weighted by Crippen LogP contribution is -2.35. The Balaban J connectivity index is 1.59. The summed E-state index contributed by atoms with van der Waals surface area (Å²) in [6, 6.07) is 7.59. The first kappa shape index (κ1) is 14.1. The van der Waals surface area contributed by atoms with E-state index >= 15 is 0 Å². The molecule has 1 N–H and O–H groups in total. The number of hydrogen-bond acceptors (Lipinski definition) is 3. The molecule has 0 aromatic heterocycles. The third-order valence-electron chi connectivity index (χ3n) is 4.37. The van der Waals surface area contributed by atoms with Crippen molar-refractivity contribution < 1.29 is 14.3 Å². The van der Waals surface area contributed by atoms with Crippen LogP contribution in [0.1, 0.15) is 67.0 Å². The van der Waals surface area contributed by atoms with Gasteiger partial charge in [-0.25, -0.2) is 4.79 Å². The highest BCUT2D eigenvalue weighted by Crippen LogP contribution is 2.32. The van der Waals surface area contributed by atoms with E-state index in [9.17, 15) is 9.59 Å². The Labute approximate surface area is 124 Å². The lowest BCUT2D eigenvalue weighted by Gasteiger charge is -2.17. The van der Waals surface area contributed by atoms with Gasteiger partial charge in [0.15, 0.2) is 0 Å². The molecule has 1 heterocycles. The Morgan fingerprint density at radius 1 is 1.14 bits per heavy atom. The molecule has 1 amide bonds. The third-order valence-corrected chi connectivity index (χ3v) is 4.37. The maximum Gasteiger partial charge on any atom is 0.339 e. The first-order chi connectivity index (χ1) is 10.2. The van der Waals surface area contributed by atoms with Gasteiger partial charge in [-0.2, -0.15) is 0 Å². The second kappa shape index (κ2) is 6.29. The molecule has 3 rings (SSSR count). The number of cyclic esters (lactones) is 1. The van der Waals surface area contributed by atoms with Crippen LogP contribution in [0.25, 0.3) is 0 Å². The van der Waals surface area contributed by atoms with Crippen molar-refractivity contribution in [3.05, 3.63) is 35.4 Å². The van der Waals surface area contributed by atoms with Crippen LogP contribution >= 0.6 is 0 Å². The zero-order chi connectivity index (χ0) is 14.7. The van der Waals surface area contributed by atoms with Gasteiger partial charge in [-0.15, -0.1) is 0 Å². The molecule has 1 saturated carbocycles. The highest BCUT2D eigenvalue weighted by Gasteiger charge is 2.32. The lowest BCUT2D eigenvalue weighted by atomic mass is 10.0. The average molecular weight is 287 g/mol. The molecule has 112 valence electrons. The molecule has 1 aliphatic carbocycles. The largest absolute Gasteiger partial charge is 0.453 e. The predicted molar refractivity (Wildman–Crippen MR) is 78.8 cm³/mol. The second-order valence-electron chi connectivity index (χ2n) is 5.94. The smallest absolute Gasteiger partial charge is 0.339 e. The van der Waals surface area contributed by atoms with Crippen molar-refractivity contribution >= 4 is 11.9 Å². The number of rotatable bonds is 3. The molecule has 1 fully saturated rings. The van der Waals surface area contributed by atoms with E-state index in [1.54, 1.807) is 6.07 Å². The molecule has 0 saturated heterocycles. The number of nitrogens with one attached hydrogen (secondary N) is 1. The molecule has 1 atom stereocenters. The first-order valence-corrected chi connectivity index (χ1v) is 7.83. The number of carbonyl (C=O) groups is 2. The van der Waals surface area contributed by atoms with E-state index in [-0.39, 0.29) is 24.3 Å². The fourth-order valence-corrected chi connectivity index (χ4v) is 3.25. The summed E-state index contributed by atoms with van der Waals surface area (Å²) in [5.74, 6) is -0.339. The minimum atomic E-state index is -0.431. The van der Waals surface area contributed by atoms with E-state index < -0.39 is 6.10 Å². The lowest BCUT2D eigenvalue weighted by molar-refractivity contribution is -0.123. The van der Waals surface area contributed by atoms with Crippen LogP contribution in [-0.4, -0.2) is 17.9 Å². The summed E-state index contributed by atoms with van der Waals surface area (Å²) in [4.78, 5) is 23.9. The number of fused-ring (bicyclic) bond motifs is 1. The SMILES string of the molecule is O=C(CC1OC(=O)c2ccccc21)NC1CCCCCC1. The summed E-state index contributed by atoms with van der Waals surface area (Å²) in [7, 11) is 0. The van der Waals surface area contributed by atoms with Gasteiger partial charge in [-0.1, -0.05) is 43.9 Å². The van der Waals surface area contributed by atoms with Gasteiger partial charge in [-0.3, -0.25) is 4.79 Å². The maximum atomic E-state index is 12.2. The molecular weight excluding hydrogens is 266 g/mol. The molecule has 4 nitrogen and oxygen atoms in total. The van der Waals surface area contributed by atoms with Gasteiger partial charge in [0.2, 0.25) is 5.91 Å². The summed E-state index contributed by atoms with van der Waals surface area (Å²) < 4.78 is 5.32. The molecule has 1 aliphatic heterocycles. The van der Waals surface area contributed by atoms with Gasteiger partial charge in [0.25, 0.3) is 0 Å². The zero-order valence-corrected chi connectivity index (χ0v) is 12.1. The molecule has 1 aromatic rings. The molecule has 21 heavy (non-hydrogen) atoms. The summed E-state index contributed by atoms with van der Waals surface area (Å²) >= 11 is 0. The second-order valence-corrected chi connectivity index (χ2v) is 5.94. The molecule has 0 radical (unpaired) electrons. The zero-order valence-electron chi connectivity index (χ0n) is 12.1. The van der Waals surface area contributed by atoms with Gasteiger partial charge >= 0.3 is 5.97 Å². The summed E-state index contributed by atoms with van der Waals surface area (Å²) in [5, 5.41) is 3.10. The Morgan fingerprint density at radius 3 is 2.62 bits per heavy atom. The van der Waals surface area contributed by atoms with E-state index in [0.717, 1.165) is 18.4 Å². The first-order valence-electron chi connectivity index (χ1n) is 7.83. The molecule has 4 heteroatoms. The normalized spacial score (nSPS) is 22.3. The highest BCUT2D eigenvalue weighted by atomic mass is 16.5. The van der Waals surface area contributed by atoms with Crippen LogP contribution in [0.5, 0.6) is 0 Å². The molecular formula is C17H21NO3. The van der Waals surface area contributed by atoms with Crippen molar-refractivity contribution in [2.24, 2.45) is 0 Å². The highest BCUT2D eigenvalue weighted by molar-refractivity contribution is 5.94. The van der Waals surface area contributed by atoms with Crippen LogP contribution in [0, 0.1) is 0 Å². The van der Waals surface area contributed by atoms with E-state index in [2.05, 4.69) is 5.32 Å². The Morgan fingerprint density at radius 2 is 1.86 bits per heavy atom. The number of carbonyl (C=O) groups excluding carboxylic acids is 2. The fraction of sp³-hybridized carbons (Fsp3) is 0.529. The van der Waals surface area contributed by atoms with Crippen molar-refractivity contribution in [3.8, 4) is 0 Å². The van der Waals surface area contributed by atoms with Crippen LogP contribution in [0.15, 0.2) is 24.3 Å². The van der Waals surface area contributed by atoms with Crippen molar-refractivity contribution in [1.82, 2.24) is 5.32 Å². The third kappa shape index (κ3) is 3.26. The van der Waals surface area contributed by atoms with Crippen LogP contribution < -0.4 is 5.32 Å². The Bertz CT molecular complexity index is 533.